The minimum Gasteiger partial charge on any atom is -0.336 e. The number of likely N-dealkylation sites (tertiary alicyclic amines) is 1. The molecule has 2 rings (SSSR count). The fourth-order valence-electron chi connectivity index (χ4n) is 2.94. The molecule has 1 aromatic rings. The van der Waals surface area contributed by atoms with E-state index in [1.54, 1.807) is 18.7 Å². The second-order valence-corrected chi connectivity index (χ2v) is 6.64. The Bertz CT molecular complexity index is 623. The van der Waals surface area contributed by atoms with Gasteiger partial charge in [0.25, 0.3) is 0 Å². The molecular weight excluding hydrogens is 302 g/mol. The van der Waals surface area contributed by atoms with Crippen molar-refractivity contribution in [1.29, 1.82) is 5.26 Å². The van der Waals surface area contributed by atoms with Crippen LogP contribution >= 0.6 is 0 Å². The number of carbonyl (C=O) groups is 2. The van der Waals surface area contributed by atoms with Crippen molar-refractivity contribution in [3.8, 4) is 6.07 Å². The summed E-state index contributed by atoms with van der Waals surface area (Å²) in [4.78, 5) is 26.1. The van der Waals surface area contributed by atoms with Crippen LogP contribution in [0.2, 0.25) is 0 Å². The first kappa shape index (κ1) is 18.0. The second-order valence-electron chi connectivity index (χ2n) is 6.64. The molecule has 0 spiro atoms. The highest BCUT2D eigenvalue weighted by atomic mass is 16.2. The molecule has 0 unspecified atom stereocenters. The lowest BCUT2D eigenvalue weighted by Gasteiger charge is -2.33. The summed E-state index contributed by atoms with van der Waals surface area (Å²) in [6.07, 6.45) is 3.55. The molecule has 2 amide bonds. The van der Waals surface area contributed by atoms with Gasteiger partial charge in [-0.2, -0.15) is 5.26 Å². The SMILES string of the molecule is C[C@@H](C(=O)N[C@@](C)(C#N)CCc1ccccc1)N1CCCCC1=O. The smallest absolute Gasteiger partial charge is 0.243 e. The van der Waals surface area contributed by atoms with Crippen molar-refractivity contribution in [2.45, 2.75) is 57.5 Å². The number of nitriles is 1. The van der Waals surface area contributed by atoms with E-state index in [0.717, 1.165) is 18.4 Å². The summed E-state index contributed by atoms with van der Waals surface area (Å²) < 4.78 is 0. The summed E-state index contributed by atoms with van der Waals surface area (Å²) in [5, 5.41) is 12.3. The van der Waals surface area contributed by atoms with E-state index in [1.807, 2.05) is 30.3 Å². The highest BCUT2D eigenvalue weighted by molar-refractivity contribution is 5.88. The maximum atomic E-state index is 12.5. The van der Waals surface area contributed by atoms with Crippen LogP contribution in [0.5, 0.6) is 0 Å². The summed E-state index contributed by atoms with van der Waals surface area (Å²) in [6.45, 7) is 4.08. The van der Waals surface area contributed by atoms with Crippen LogP contribution in [0, 0.1) is 11.3 Å². The Hall–Kier alpha value is -2.35. The lowest BCUT2D eigenvalue weighted by molar-refractivity contribution is -0.142. The lowest BCUT2D eigenvalue weighted by atomic mass is 9.94. The van der Waals surface area contributed by atoms with Gasteiger partial charge in [-0.1, -0.05) is 30.3 Å². The molecule has 0 saturated carbocycles. The molecule has 1 saturated heterocycles. The Morgan fingerprint density at radius 1 is 1.38 bits per heavy atom. The number of aryl methyl sites for hydroxylation is 1. The monoisotopic (exact) mass is 327 g/mol. The standard InChI is InChI=1S/C19H25N3O2/c1-15(22-13-7-6-10-17(22)23)18(24)21-19(2,14-20)12-11-16-8-4-3-5-9-16/h3-5,8-9,15H,6-7,10-13H2,1-2H3,(H,21,24)/t15-,19+/m0/s1. The van der Waals surface area contributed by atoms with Gasteiger partial charge in [0.15, 0.2) is 0 Å². The van der Waals surface area contributed by atoms with Gasteiger partial charge in [-0.15, -0.1) is 0 Å². The third-order valence-electron chi connectivity index (χ3n) is 4.61. The first-order valence-electron chi connectivity index (χ1n) is 8.52. The van der Waals surface area contributed by atoms with Gasteiger partial charge in [0.2, 0.25) is 11.8 Å². The number of nitrogens with zero attached hydrogens (tertiary/aromatic N) is 2. The topological polar surface area (TPSA) is 73.2 Å². The molecule has 0 bridgehead atoms. The Morgan fingerprint density at radius 3 is 2.71 bits per heavy atom. The molecule has 1 fully saturated rings. The van der Waals surface area contributed by atoms with E-state index in [2.05, 4.69) is 11.4 Å². The Balaban J connectivity index is 1.96. The van der Waals surface area contributed by atoms with Gasteiger partial charge in [-0.25, -0.2) is 0 Å². The minimum absolute atomic E-state index is 0.0202. The maximum Gasteiger partial charge on any atom is 0.243 e. The summed E-state index contributed by atoms with van der Waals surface area (Å²) in [5.74, 6) is -0.241. The molecule has 1 heterocycles. The largest absolute Gasteiger partial charge is 0.336 e. The number of nitrogens with one attached hydrogen (secondary N) is 1. The average Bonchev–Trinajstić information content (AvgIpc) is 2.61. The van der Waals surface area contributed by atoms with Gasteiger partial charge in [-0.05, 0) is 45.1 Å². The van der Waals surface area contributed by atoms with Crippen LogP contribution in [0.3, 0.4) is 0 Å². The molecule has 24 heavy (non-hydrogen) atoms. The molecule has 1 aromatic carbocycles. The predicted octanol–water partition coefficient (Wildman–Crippen LogP) is 2.42. The van der Waals surface area contributed by atoms with Crippen molar-refractivity contribution in [2.75, 3.05) is 6.54 Å². The number of piperidine rings is 1. The summed E-state index contributed by atoms with van der Waals surface area (Å²) in [7, 11) is 0. The zero-order chi connectivity index (χ0) is 17.6. The fourth-order valence-corrected chi connectivity index (χ4v) is 2.94. The molecule has 0 radical (unpaired) electrons. The normalized spacial score (nSPS) is 18.4. The van der Waals surface area contributed by atoms with E-state index in [-0.39, 0.29) is 11.8 Å². The molecule has 128 valence electrons. The van der Waals surface area contributed by atoms with Crippen molar-refractivity contribution in [1.82, 2.24) is 10.2 Å². The van der Waals surface area contributed by atoms with E-state index in [4.69, 9.17) is 0 Å². The van der Waals surface area contributed by atoms with E-state index >= 15 is 0 Å². The Labute approximate surface area is 143 Å². The van der Waals surface area contributed by atoms with Crippen LogP contribution in [0.25, 0.3) is 0 Å². The van der Waals surface area contributed by atoms with Gasteiger partial charge in [0.05, 0.1) is 6.07 Å². The minimum atomic E-state index is -0.944. The number of amides is 2. The molecular formula is C19H25N3O2. The van der Waals surface area contributed by atoms with E-state index in [0.29, 0.717) is 25.8 Å². The first-order valence-corrected chi connectivity index (χ1v) is 8.52. The van der Waals surface area contributed by atoms with Crippen molar-refractivity contribution < 1.29 is 9.59 Å². The molecule has 5 nitrogen and oxygen atoms in total. The van der Waals surface area contributed by atoms with Crippen LogP contribution in [0.1, 0.15) is 45.1 Å². The molecule has 1 aliphatic rings. The Morgan fingerprint density at radius 2 is 2.08 bits per heavy atom. The van der Waals surface area contributed by atoms with Gasteiger partial charge in [0.1, 0.15) is 11.6 Å². The fraction of sp³-hybridized carbons (Fsp3) is 0.526. The molecule has 0 aromatic heterocycles. The summed E-state index contributed by atoms with van der Waals surface area (Å²) in [5.41, 5.74) is 0.188. The number of rotatable bonds is 6. The Kier molecular flexibility index (Phi) is 5.97. The van der Waals surface area contributed by atoms with E-state index in [9.17, 15) is 14.9 Å². The molecule has 2 atom stereocenters. The van der Waals surface area contributed by atoms with Gasteiger partial charge >= 0.3 is 0 Å². The van der Waals surface area contributed by atoms with Gasteiger partial charge < -0.3 is 10.2 Å². The van der Waals surface area contributed by atoms with Crippen LogP contribution in [-0.4, -0.2) is 34.8 Å². The number of hydrogen-bond donors (Lipinski definition) is 1. The lowest BCUT2D eigenvalue weighted by Crippen LogP contribution is -2.55. The van der Waals surface area contributed by atoms with Crippen LogP contribution in [-0.2, 0) is 16.0 Å². The van der Waals surface area contributed by atoms with Crippen LogP contribution in [0.15, 0.2) is 30.3 Å². The van der Waals surface area contributed by atoms with Crippen molar-refractivity contribution in [3.63, 3.8) is 0 Å². The maximum absolute atomic E-state index is 12.5. The molecule has 1 N–H and O–H groups in total. The quantitative estimate of drug-likeness (QED) is 0.872. The number of carbonyl (C=O) groups excluding carboxylic acids is 2. The van der Waals surface area contributed by atoms with Crippen molar-refractivity contribution >= 4 is 11.8 Å². The highest BCUT2D eigenvalue weighted by Gasteiger charge is 2.32. The van der Waals surface area contributed by atoms with Crippen molar-refractivity contribution in [2.24, 2.45) is 0 Å². The molecule has 5 heteroatoms. The highest BCUT2D eigenvalue weighted by Crippen LogP contribution is 2.17. The van der Waals surface area contributed by atoms with Gasteiger partial charge in [-0.3, -0.25) is 9.59 Å². The average molecular weight is 327 g/mol. The molecule has 1 aliphatic heterocycles. The number of hydrogen-bond acceptors (Lipinski definition) is 3. The van der Waals surface area contributed by atoms with E-state index in [1.165, 1.54) is 0 Å². The third kappa shape index (κ3) is 4.58. The van der Waals surface area contributed by atoms with Crippen LogP contribution < -0.4 is 5.32 Å². The van der Waals surface area contributed by atoms with E-state index < -0.39 is 11.6 Å². The zero-order valence-corrected chi connectivity index (χ0v) is 14.4. The zero-order valence-electron chi connectivity index (χ0n) is 14.4. The predicted molar refractivity (Wildman–Crippen MR) is 91.9 cm³/mol. The summed E-state index contributed by atoms with van der Waals surface area (Å²) >= 11 is 0. The summed E-state index contributed by atoms with van der Waals surface area (Å²) in [6, 6.07) is 11.6. The van der Waals surface area contributed by atoms with Crippen LogP contribution in [0.4, 0.5) is 0 Å². The molecule has 0 aliphatic carbocycles. The number of benzene rings is 1. The first-order chi connectivity index (χ1) is 11.4. The van der Waals surface area contributed by atoms with Crippen molar-refractivity contribution in [3.05, 3.63) is 35.9 Å². The van der Waals surface area contributed by atoms with Gasteiger partial charge in [0, 0.05) is 13.0 Å². The third-order valence-corrected chi connectivity index (χ3v) is 4.61. The second kappa shape index (κ2) is 7.96.